The van der Waals surface area contributed by atoms with Crippen LogP contribution in [-0.4, -0.2) is 25.1 Å². The molecule has 2 rings (SSSR count). The van der Waals surface area contributed by atoms with E-state index in [1.54, 1.807) is 24.3 Å². The minimum absolute atomic E-state index is 0.0616. The molecule has 0 amide bonds. The maximum absolute atomic E-state index is 12.3. The van der Waals surface area contributed by atoms with Gasteiger partial charge in [-0.15, -0.1) is 0 Å². The lowest BCUT2D eigenvalue weighted by Gasteiger charge is -2.12. The number of benzene rings is 2. The van der Waals surface area contributed by atoms with Crippen LogP contribution in [0.5, 0.6) is 11.5 Å². The number of hydrogen-bond donors (Lipinski definition) is 0. The van der Waals surface area contributed by atoms with Crippen LogP contribution in [0.15, 0.2) is 42.5 Å². The molecule has 7 nitrogen and oxygen atoms in total. The van der Waals surface area contributed by atoms with E-state index in [2.05, 4.69) is 0 Å². The molecule has 2 aromatic rings. The molecule has 0 fully saturated rings. The van der Waals surface area contributed by atoms with Gasteiger partial charge in [-0.1, -0.05) is 18.2 Å². The fraction of sp³-hybridized carbons (Fsp3) is 0.188. The average molecular weight is 317 g/mol. The summed E-state index contributed by atoms with van der Waals surface area (Å²) >= 11 is 0. The number of ether oxygens (including phenoxy) is 3. The van der Waals surface area contributed by atoms with Crippen molar-refractivity contribution < 1.29 is 23.9 Å². The lowest BCUT2D eigenvalue weighted by molar-refractivity contribution is -0.384. The van der Waals surface area contributed by atoms with Gasteiger partial charge in [0.2, 0.25) is 0 Å². The fourth-order valence-corrected chi connectivity index (χ4v) is 2.03. The molecule has 0 radical (unpaired) electrons. The van der Waals surface area contributed by atoms with Gasteiger partial charge in [0.25, 0.3) is 5.69 Å². The summed E-state index contributed by atoms with van der Waals surface area (Å²) in [6.07, 6.45) is 0. The molecule has 0 saturated carbocycles. The number of carbonyl (C=O) groups is 1. The van der Waals surface area contributed by atoms with Crippen LogP contribution < -0.4 is 9.47 Å². The van der Waals surface area contributed by atoms with Crippen LogP contribution in [0.2, 0.25) is 0 Å². The van der Waals surface area contributed by atoms with Gasteiger partial charge in [-0.3, -0.25) is 10.1 Å². The van der Waals surface area contributed by atoms with Gasteiger partial charge < -0.3 is 14.2 Å². The van der Waals surface area contributed by atoms with Crippen LogP contribution in [0.1, 0.15) is 15.9 Å². The number of nitrogens with zero attached hydrogens (tertiary/aromatic N) is 1. The first-order valence-corrected chi connectivity index (χ1v) is 6.68. The molecule has 7 heteroatoms. The van der Waals surface area contributed by atoms with Crippen molar-refractivity contribution in [3.63, 3.8) is 0 Å². The van der Waals surface area contributed by atoms with Crippen molar-refractivity contribution in [2.45, 2.75) is 6.61 Å². The summed E-state index contributed by atoms with van der Waals surface area (Å²) in [5.74, 6) is 0.0209. The normalized spacial score (nSPS) is 10.0. The lowest BCUT2D eigenvalue weighted by Crippen LogP contribution is -2.09. The summed E-state index contributed by atoms with van der Waals surface area (Å²) in [5.41, 5.74) is 0.623. The van der Waals surface area contributed by atoms with E-state index in [1.807, 2.05) is 0 Å². The Hall–Kier alpha value is -3.09. The Kier molecular flexibility index (Phi) is 5.14. The second-order valence-corrected chi connectivity index (χ2v) is 4.54. The summed E-state index contributed by atoms with van der Waals surface area (Å²) < 4.78 is 15.5. The van der Waals surface area contributed by atoms with E-state index in [1.165, 1.54) is 32.4 Å². The summed E-state index contributed by atoms with van der Waals surface area (Å²) in [6, 6.07) is 10.8. The molecule has 0 aliphatic rings. The van der Waals surface area contributed by atoms with Crippen LogP contribution in [0.4, 0.5) is 5.69 Å². The number of non-ortho nitro benzene ring substituents is 1. The maximum Gasteiger partial charge on any atom is 0.346 e. The van der Waals surface area contributed by atoms with Gasteiger partial charge >= 0.3 is 5.97 Å². The third-order valence-corrected chi connectivity index (χ3v) is 3.12. The molecule has 0 spiro atoms. The first-order chi connectivity index (χ1) is 11.1. The highest BCUT2D eigenvalue weighted by molar-refractivity contribution is 5.95. The molecule has 0 unspecified atom stereocenters. The highest BCUT2D eigenvalue weighted by Crippen LogP contribution is 2.29. The summed E-state index contributed by atoms with van der Waals surface area (Å²) in [7, 11) is 2.87. The molecule has 0 bridgehead atoms. The monoisotopic (exact) mass is 317 g/mol. The van der Waals surface area contributed by atoms with Gasteiger partial charge in [-0.05, 0) is 17.7 Å². The average Bonchev–Trinajstić information content (AvgIpc) is 2.59. The highest BCUT2D eigenvalue weighted by Gasteiger charge is 2.20. The minimum Gasteiger partial charge on any atom is -0.496 e. The predicted molar refractivity (Wildman–Crippen MR) is 81.8 cm³/mol. The Morgan fingerprint density at radius 2 is 1.70 bits per heavy atom. The van der Waals surface area contributed by atoms with Gasteiger partial charge in [-0.2, -0.15) is 0 Å². The first kappa shape index (κ1) is 16.3. The number of methoxy groups -OCH3 is 2. The van der Waals surface area contributed by atoms with Gasteiger partial charge in [0, 0.05) is 12.1 Å². The lowest BCUT2D eigenvalue weighted by atomic mass is 10.1. The van der Waals surface area contributed by atoms with E-state index in [0.29, 0.717) is 17.1 Å². The van der Waals surface area contributed by atoms with Crippen LogP contribution >= 0.6 is 0 Å². The van der Waals surface area contributed by atoms with E-state index in [0.717, 1.165) is 0 Å². The van der Waals surface area contributed by atoms with Gasteiger partial charge in [0.15, 0.2) is 0 Å². The van der Waals surface area contributed by atoms with E-state index >= 15 is 0 Å². The first-order valence-electron chi connectivity index (χ1n) is 6.68. The van der Waals surface area contributed by atoms with Crippen molar-refractivity contribution >= 4 is 11.7 Å². The quantitative estimate of drug-likeness (QED) is 0.462. The predicted octanol–water partition coefficient (Wildman–Crippen LogP) is 2.97. The molecule has 0 saturated heterocycles. The van der Waals surface area contributed by atoms with Crippen molar-refractivity contribution in [3.05, 3.63) is 63.7 Å². The van der Waals surface area contributed by atoms with Crippen molar-refractivity contribution in [1.29, 1.82) is 0 Å². The zero-order chi connectivity index (χ0) is 16.8. The third kappa shape index (κ3) is 3.76. The van der Waals surface area contributed by atoms with Crippen LogP contribution in [-0.2, 0) is 11.3 Å². The number of rotatable bonds is 6. The van der Waals surface area contributed by atoms with Gasteiger partial charge in [0.05, 0.1) is 19.1 Å². The van der Waals surface area contributed by atoms with Gasteiger partial charge in [-0.25, -0.2) is 4.79 Å². The molecular weight excluding hydrogens is 302 g/mol. The SMILES string of the molecule is COc1cccc(OC)c1C(=O)OCc1cccc([N+](=O)[O-])c1. The molecule has 0 aliphatic carbocycles. The van der Waals surface area contributed by atoms with Crippen LogP contribution in [0, 0.1) is 10.1 Å². The van der Waals surface area contributed by atoms with Crippen molar-refractivity contribution in [2.75, 3.05) is 14.2 Å². The molecule has 0 heterocycles. The Bertz CT molecular complexity index is 706. The Balaban J connectivity index is 2.17. The van der Waals surface area contributed by atoms with E-state index in [4.69, 9.17) is 14.2 Å². The molecular formula is C16H15NO6. The number of nitro groups is 1. The molecule has 0 N–H and O–H groups in total. The van der Waals surface area contributed by atoms with E-state index in [-0.39, 0.29) is 17.9 Å². The summed E-state index contributed by atoms with van der Waals surface area (Å²) in [5, 5.41) is 10.7. The molecule has 23 heavy (non-hydrogen) atoms. The third-order valence-electron chi connectivity index (χ3n) is 3.12. The molecule has 2 aromatic carbocycles. The van der Waals surface area contributed by atoms with Crippen molar-refractivity contribution in [2.24, 2.45) is 0 Å². The second kappa shape index (κ2) is 7.26. The topological polar surface area (TPSA) is 87.9 Å². The minimum atomic E-state index is -0.634. The van der Waals surface area contributed by atoms with Crippen LogP contribution in [0.3, 0.4) is 0 Å². The Morgan fingerprint density at radius 3 is 2.26 bits per heavy atom. The highest BCUT2D eigenvalue weighted by atomic mass is 16.6. The number of carbonyl (C=O) groups excluding carboxylic acids is 1. The molecule has 0 atom stereocenters. The smallest absolute Gasteiger partial charge is 0.346 e. The van der Waals surface area contributed by atoms with Crippen LogP contribution in [0.25, 0.3) is 0 Å². The number of hydrogen-bond acceptors (Lipinski definition) is 6. The summed E-state index contributed by atoms with van der Waals surface area (Å²) in [4.78, 5) is 22.5. The Morgan fingerprint density at radius 1 is 1.09 bits per heavy atom. The zero-order valence-corrected chi connectivity index (χ0v) is 12.6. The second-order valence-electron chi connectivity index (χ2n) is 4.54. The summed E-state index contributed by atoms with van der Waals surface area (Å²) in [6.45, 7) is -0.0955. The van der Waals surface area contributed by atoms with E-state index < -0.39 is 10.9 Å². The number of esters is 1. The molecule has 120 valence electrons. The van der Waals surface area contributed by atoms with Crippen molar-refractivity contribution in [1.82, 2.24) is 0 Å². The van der Waals surface area contributed by atoms with Crippen molar-refractivity contribution in [3.8, 4) is 11.5 Å². The molecule has 0 aliphatic heterocycles. The fourth-order valence-electron chi connectivity index (χ4n) is 2.03. The van der Waals surface area contributed by atoms with E-state index in [9.17, 15) is 14.9 Å². The Labute approximate surface area is 132 Å². The standard InChI is InChI=1S/C16H15NO6/c1-21-13-7-4-8-14(22-2)15(13)16(18)23-10-11-5-3-6-12(9-11)17(19)20/h3-9H,10H2,1-2H3. The molecule has 0 aromatic heterocycles. The zero-order valence-electron chi connectivity index (χ0n) is 12.6. The largest absolute Gasteiger partial charge is 0.496 e. The van der Waals surface area contributed by atoms with Gasteiger partial charge in [0.1, 0.15) is 23.7 Å². The maximum atomic E-state index is 12.3. The number of nitro benzene ring substituents is 1.